The summed E-state index contributed by atoms with van der Waals surface area (Å²) in [4.78, 5) is 17.6. The molecule has 0 spiro atoms. The molecule has 0 aliphatic carbocycles. The molecule has 1 atom stereocenters. The summed E-state index contributed by atoms with van der Waals surface area (Å²) < 4.78 is 23.7. The normalized spacial score (nSPS) is 21.3. The maximum Gasteiger partial charge on any atom is 0.227 e. The third-order valence-electron chi connectivity index (χ3n) is 4.55. The van der Waals surface area contributed by atoms with E-state index in [1.54, 1.807) is 4.90 Å². The molecule has 1 aliphatic rings. The zero-order valence-corrected chi connectivity index (χ0v) is 14.3. The quantitative estimate of drug-likeness (QED) is 0.914. The third-order valence-corrected chi connectivity index (χ3v) is 6.45. The minimum absolute atomic E-state index is 0.00277. The summed E-state index contributed by atoms with van der Waals surface area (Å²) in [6.07, 6.45) is 2.70. The number of aryl methyl sites for hydroxylation is 1. The molecule has 5 nitrogen and oxygen atoms in total. The molecule has 2 heterocycles. The van der Waals surface area contributed by atoms with Crippen molar-refractivity contribution in [1.82, 2.24) is 9.88 Å². The molecule has 23 heavy (non-hydrogen) atoms. The molecule has 0 radical (unpaired) electrons. The minimum atomic E-state index is -3.04. The van der Waals surface area contributed by atoms with Gasteiger partial charge in [-0.05, 0) is 31.4 Å². The monoisotopic (exact) mass is 334 g/mol. The van der Waals surface area contributed by atoms with Gasteiger partial charge in [-0.15, -0.1) is 0 Å². The number of sulfone groups is 1. The highest BCUT2D eigenvalue weighted by molar-refractivity contribution is 7.91. The van der Waals surface area contributed by atoms with E-state index in [0.29, 0.717) is 19.4 Å². The van der Waals surface area contributed by atoms with Crippen molar-refractivity contribution in [3.8, 4) is 0 Å². The first kappa shape index (κ1) is 16.1. The Hall–Kier alpha value is -1.82. The van der Waals surface area contributed by atoms with Crippen LogP contribution in [0.2, 0.25) is 0 Å². The van der Waals surface area contributed by atoms with Crippen LogP contribution >= 0.6 is 0 Å². The number of rotatable bonds is 2. The lowest BCUT2D eigenvalue weighted by Crippen LogP contribution is -2.41. The van der Waals surface area contributed by atoms with Crippen molar-refractivity contribution in [2.45, 2.75) is 32.7 Å². The zero-order chi connectivity index (χ0) is 16.6. The average Bonchev–Trinajstić information content (AvgIpc) is 2.81. The molecule has 0 saturated carbocycles. The zero-order valence-electron chi connectivity index (χ0n) is 13.5. The predicted octanol–water partition coefficient (Wildman–Crippen LogP) is 2.05. The standard InChI is InChI=1S/C17H22N2O3S/c1-12-5-3-6-15-14(10-18-17(12)15)9-16(20)19-7-4-8-23(21,22)11-13(19)2/h3,5-6,10,13,18H,4,7-9,11H2,1-2H3. The van der Waals surface area contributed by atoms with Crippen molar-refractivity contribution in [2.75, 3.05) is 18.1 Å². The van der Waals surface area contributed by atoms with Crippen molar-refractivity contribution in [1.29, 1.82) is 0 Å². The molecule has 1 aliphatic heterocycles. The molecule has 6 heteroatoms. The van der Waals surface area contributed by atoms with Crippen molar-refractivity contribution < 1.29 is 13.2 Å². The van der Waals surface area contributed by atoms with Gasteiger partial charge in [0, 0.05) is 29.7 Å². The summed E-state index contributed by atoms with van der Waals surface area (Å²) in [7, 11) is -3.04. The van der Waals surface area contributed by atoms with E-state index >= 15 is 0 Å². The van der Waals surface area contributed by atoms with E-state index in [9.17, 15) is 13.2 Å². The van der Waals surface area contributed by atoms with Crippen LogP contribution in [0.15, 0.2) is 24.4 Å². The van der Waals surface area contributed by atoms with E-state index in [-0.39, 0.29) is 23.5 Å². The van der Waals surface area contributed by atoms with Crippen LogP contribution in [0.4, 0.5) is 0 Å². The Kier molecular flexibility index (Phi) is 4.19. The number of amides is 1. The number of hydrogen-bond acceptors (Lipinski definition) is 3. The van der Waals surface area contributed by atoms with Gasteiger partial charge in [0.05, 0.1) is 17.9 Å². The van der Waals surface area contributed by atoms with Crippen LogP contribution in [0.3, 0.4) is 0 Å². The Balaban J connectivity index is 1.82. The van der Waals surface area contributed by atoms with Crippen LogP contribution in [0, 0.1) is 6.92 Å². The van der Waals surface area contributed by atoms with Crippen molar-refractivity contribution in [2.24, 2.45) is 0 Å². The number of aromatic amines is 1. The molecule has 1 N–H and O–H groups in total. The molecular formula is C17H22N2O3S. The van der Waals surface area contributed by atoms with Gasteiger partial charge in [-0.25, -0.2) is 8.42 Å². The molecule has 1 saturated heterocycles. The second-order valence-electron chi connectivity index (χ2n) is 6.39. The summed E-state index contributed by atoms with van der Waals surface area (Å²) in [5.41, 5.74) is 3.17. The van der Waals surface area contributed by atoms with E-state index < -0.39 is 9.84 Å². The van der Waals surface area contributed by atoms with E-state index in [4.69, 9.17) is 0 Å². The molecular weight excluding hydrogens is 312 g/mol. The number of benzene rings is 1. The first-order valence-corrected chi connectivity index (χ1v) is 9.75. The molecule has 2 aromatic rings. The van der Waals surface area contributed by atoms with Gasteiger partial charge in [0.15, 0.2) is 9.84 Å². The van der Waals surface area contributed by atoms with Crippen molar-refractivity contribution in [3.63, 3.8) is 0 Å². The third kappa shape index (κ3) is 3.27. The van der Waals surface area contributed by atoms with Gasteiger partial charge in [0.25, 0.3) is 0 Å². The molecule has 1 aromatic carbocycles. The highest BCUT2D eigenvalue weighted by Crippen LogP contribution is 2.23. The maximum absolute atomic E-state index is 12.7. The summed E-state index contributed by atoms with van der Waals surface area (Å²) in [6, 6.07) is 5.77. The fourth-order valence-corrected chi connectivity index (χ4v) is 5.01. The van der Waals surface area contributed by atoms with E-state index in [2.05, 4.69) is 4.98 Å². The lowest BCUT2D eigenvalue weighted by Gasteiger charge is -2.26. The van der Waals surface area contributed by atoms with Crippen molar-refractivity contribution in [3.05, 3.63) is 35.5 Å². The van der Waals surface area contributed by atoms with Crippen LogP contribution < -0.4 is 0 Å². The number of nitrogens with zero attached hydrogens (tertiary/aromatic N) is 1. The van der Waals surface area contributed by atoms with Crippen molar-refractivity contribution >= 4 is 26.6 Å². The van der Waals surface area contributed by atoms with E-state index in [0.717, 1.165) is 22.0 Å². The highest BCUT2D eigenvalue weighted by atomic mass is 32.2. The Morgan fingerprint density at radius 3 is 2.96 bits per heavy atom. The van der Waals surface area contributed by atoms with Gasteiger partial charge >= 0.3 is 0 Å². The number of hydrogen-bond donors (Lipinski definition) is 1. The summed E-state index contributed by atoms with van der Waals surface area (Å²) in [5, 5.41) is 1.06. The lowest BCUT2D eigenvalue weighted by atomic mass is 10.1. The van der Waals surface area contributed by atoms with Crippen LogP contribution in [-0.2, 0) is 21.1 Å². The molecule has 0 bridgehead atoms. The summed E-state index contributed by atoms with van der Waals surface area (Å²) in [5.74, 6) is 0.232. The second-order valence-corrected chi connectivity index (χ2v) is 8.62. The predicted molar refractivity (Wildman–Crippen MR) is 91.2 cm³/mol. The molecule has 1 aromatic heterocycles. The van der Waals surface area contributed by atoms with Crippen LogP contribution in [0.5, 0.6) is 0 Å². The number of nitrogens with one attached hydrogen (secondary N) is 1. The number of para-hydroxylation sites is 1. The lowest BCUT2D eigenvalue weighted by molar-refractivity contribution is -0.132. The second kappa shape index (κ2) is 6.00. The SMILES string of the molecule is Cc1cccc2c(CC(=O)N3CCCS(=O)(=O)CC3C)c[nH]c12. The molecule has 124 valence electrons. The fraction of sp³-hybridized carbons (Fsp3) is 0.471. The van der Waals surface area contributed by atoms with Gasteiger partial charge in [-0.1, -0.05) is 18.2 Å². The topological polar surface area (TPSA) is 70.2 Å². The van der Waals surface area contributed by atoms with Gasteiger partial charge in [0.1, 0.15) is 0 Å². The number of aromatic nitrogens is 1. The van der Waals surface area contributed by atoms with E-state index in [1.807, 2.05) is 38.2 Å². The van der Waals surface area contributed by atoms with Crippen LogP contribution in [0.25, 0.3) is 10.9 Å². The van der Waals surface area contributed by atoms with Crippen LogP contribution in [0.1, 0.15) is 24.5 Å². The number of H-pyrrole nitrogens is 1. The largest absolute Gasteiger partial charge is 0.361 e. The number of fused-ring (bicyclic) bond motifs is 1. The maximum atomic E-state index is 12.7. The molecule has 1 fully saturated rings. The summed E-state index contributed by atoms with van der Waals surface area (Å²) in [6.45, 7) is 4.37. The van der Waals surface area contributed by atoms with Gasteiger partial charge in [0.2, 0.25) is 5.91 Å². The average molecular weight is 334 g/mol. The first-order chi connectivity index (χ1) is 10.9. The Bertz CT molecular complexity index is 839. The highest BCUT2D eigenvalue weighted by Gasteiger charge is 2.28. The van der Waals surface area contributed by atoms with Gasteiger partial charge < -0.3 is 9.88 Å². The summed E-state index contributed by atoms with van der Waals surface area (Å²) >= 11 is 0. The molecule has 1 unspecified atom stereocenters. The number of carbonyl (C=O) groups is 1. The molecule has 1 amide bonds. The first-order valence-electron chi connectivity index (χ1n) is 7.93. The van der Waals surface area contributed by atoms with Gasteiger partial charge in [-0.3, -0.25) is 4.79 Å². The van der Waals surface area contributed by atoms with E-state index in [1.165, 1.54) is 0 Å². The van der Waals surface area contributed by atoms with Gasteiger partial charge in [-0.2, -0.15) is 0 Å². The Morgan fingerprint density at radius 1 is 1.39 bits per heavy atom. The van der Waals surface area contributed by atoms with Crippen LogP contribution in [-0.4, -0.2) is 48.3 Å². The number of carbonyl (C=O) groups excluding carboxylic acids is 1. The molecule has 3 rings (SSSR count). The smallest absolute Gasteiger partial charge is 0.227 e. The fourth-order valence-electron chi connectivity index (χ4n) is 3.36. The Morgan fingerprint density at radius 2 is 2.17 bits per heavy atom. The minimum Gasteiger partial charge on any atom is -0.361 e. The Labute approximate surface area is 136 Å².